The molecule has 0 spiro atoms. The van der Waals surface area contributed by atoms with Crippen LogP contribution in [0, 0.1) is 0 Å². The molecule has 21 heavy (non-hydrogen) atoms. The molecule has 1 N–H and O–H groups in total. The molecule has 0 radical (unpaired) electrons. The molecule has 2 unspecified atom stereocenters. The third kappa shape index (κ3) is 3.73. The largest absolute Gasteiger partial charge is 0.480 e. The number of hydrogen-bond acceptors (Lipinski definition) is 3. The van der Waals surface area contributed by atoms with Gasteiger partial charge in [0, 0.05) is 21.9 Å². The van der Waals surface area contributed by atoms with Crippen LogP contribution in [0.15, 0.2) is 24.3 Å². The fourth-order valence-electron chi connectivity index (χ4n) is 2.06. The molecule has 2 rings (SSSR count). The van der Waals surface area contributed by atoms with E-state index in [0.29, 0.717) is 21.4 Å². The van der Waals surface area contributed by atoms with E-state index in [4.69, 9.17) is 28.3 Å². The minimum absolute atomic E-state index is 0.168. The van der Waals surface area contributed by atoms with Crippen LogP contribution in [0.2, 0.25) is 10.0 Å². The third-order valence-corrected chi connectivity index (χ3v) is 4.92. The minimum Gasteiger partial charge on any atom is -0.480 e. The highest BCUT2D eigenvalue weighted by Crippen LogP contribution is 2.29. The van der Waals surface area contributed by atoms with Gasteiger partial charge >= 0.3 is 5.97 Å². The number of carbonyl (C=O) groups is 2. The van der Waals surface area contributed by atoms with Gasteiger partial charge in [-0.1, -0.05) is 23.2 Å². The van der Waals surface area contributed by atoms with E-state index in [1.54, 1.807) is 24.3 Å². The molecule has 0 saturated carbocycles. The zero-order chi connectivity index (χ0) is 15.6. The Kier molecular flexibility index (Phi) is 5.19. The second-order valence-electron chi connectivity index (χ2n) is 4.53. The SMILES string of the molecule is CC1SCC(C(=O)O)N1C(=O)C=Cc1cc(Cl)ccc1Cl. The Morgan fingerprint density at radius 1 is 1.43 bits per heavy atom. The standard InChI is InChI=1S/C14H13Cl2NO3S/c1-8-17(12(7-21-8)14(19)20)13(18)5-2-9-6-10(15)3-4-11(9)16/h2-6,8,12H,7H2,1H3,(H,19,20). The number of carboxylic acid groups (broad SMARTS) is 1. The summed E-state index contributed by atoms with van der Waals surface area (Å²) in [7, 11) is 0. The van der Waals surface area contributed by atoms with E-state index in [9.17, 15) is 9.59 Å². The van der Waals surface area contributed by atoms with Gasteiger partial charge < -0.3 is 10.0 Å². The molecular weight excluding hydrogens is 333 g/mol. The highest BCUT2D eigenvalue weighted by Gasteiger charge is 2.38. The average molecular weight is 346 g/mol. The molecule has 4 nitrogen and oxygen atoms in total. The predicted molar refractivity (Wildman–Crippen MR) is 85.7 cm³/mol. The van der Waals surface area contributed by atoms with Gasteiger partial charge in [-0.25, -0.2) is 4.79 Å². The Morgan fingerprint density at radius 2 is 2.14 bits per heavy atom. The molecule has 2 atom stereocenters. The molecular formula is C14H13Cl2NO3S. The summed E-state index contributed by atoms with van der Waals surface area (Å²) in [6, 6.07) is 4.15. The molecule has 0 bridgehead atoms. The Hall–Kier alpha value is -1.17. The van der Waals surface area contributed by atoms with Crippen molar-refractivity contribution in [3.8, 4) is 0 Å². The van der Waals surface area contributed by atoms with Crippen molar-refractivity contribution in [2.24, 2.45) is 0 Å². The molecule has 1 aromatic rings. The number of halogens is 2. The van der Waals surface area contributed by atoms with Crippen molar-refractivity contribution in [1.82, 2.24) is 4.90 Å². The highest BCUT2D eigenvalue weighted by atomic mass is 35.5. The Bertz CT molecular complexity index is 606. The fourth-order valence-corrected chi connectivity index (χ4v) is 3.59. The van der Waals surface area contributed by atoms with E-state index < -0.39 is 12.0 Å². The summed E-state index contributed by atoms with van der Waals surface area (Å²) in [6.45, 7) is 1.81. The van der Waals surface area contributed by atoms with Gasteiger partial charge in [-0.2, -0.15) is 0 Å². The van der Waals surface area contributed by atoms with Crippen LogP contribution in [0.1, 0.15) is 12.5 Å². The molecule has 1 aliphatic heterocycles. The van der Waals surface area contributed by atoms with Crippen molar-refractivity contribution in [3.63, 3.8) is 0 Å². The van der Waals surface area contributed by atoms with Gasteiger partial charge in [-0.15, -0.1) is 11.8 Å². The van der Waals surface area contributed by atoms with E-state index in [0.717, 1.165) is 0 Å². The number of thioether (sulfide) groups is 1. The first-order valence-electron chi connectivity index (χ1n) is 6.20. The summed E-state index contributed by atoms with van der Waals surface area (Å²) < 4.78 is 0. The van der Waals surface area contributed by atoms with Gasteiger partial charge in [0.05, 0.1) is 5.37 Å². The minimum atomic E-state index is -0.991. The molecule has 1 saturated heterocycles. The number of benzene rings is 1. The molecule has 1 aliphatic rings. The maximum absolute atomic E-state index is 12.2. The number of carboxylic acids is 1. The smallest absolute Gasteiger partial charge is 0.327 e. The van der Waals surface area contributed by atoms with E-state index in [-0.39, 0.29) is 11.3 Å². The van der Waals surface area contributed by atoms with Gasteiger partial charge in [-0.3, -0.25) is 4.79 Å². The fraction of sp³-hybridized carbons (Fsp3) is 0.286. The first-order valence-corrected chi connectivity index (χ1v) is 8.00. The van der Waals surface area contributed by atoms with Gasteiger partial charge in [-0.05, 0) is 36.8 Å². The van der Waals surface area contributed by atoms with Crippen LogP contribution >= 0.6 is 35.0 Å². The molecule has 0 aromatic heterocycles. The highest BCUT2D eigenvalue weighted by molar-refractivity contribution is 8.00. The molecule has 7 heteroatoms. The van der Waals surface area contributed by atoms with Crippen molar-refractivity contribution in [1.29, 1.82) is 0 Å². The van der Waals surface area contributed by atoms with Crippen molar-refractivity contribution in [2.45, 2.75) is 18.3 Å². The quantitative estimate of drug-likeness (QED) is 0.853. The first kappa shape index (κ1) is 16.2. The summed E-state index contributed by atoms with van der Waals surface area (Å²) in [6.07, 6.45) is 2.88. The zero-order valence-corrected chi connectivity index (χ0v) is 13.5. The normalized spacial score (nSPS) is 22.0. The number of hydrogen-bond donors (Lipinski definition) is 1. The predicted octanol–water partition coefficient (Wildman–Crippen LogP) is 3.38. The van der Waals surface area contributed by atoms with Gasteiger partial charge in [0.15, 0.2) is 0 Å². The maximum Gasteiger partial charge on any atom is 0.327 e. The maximum atomic E-state index is 12.2. The van der Waals surface area contributed by atoms with E-state index in [1.165, 1.54) is 22.7 Å². The lowest BCUT2D eigenvalue weighted by Gasteiger charge is -2.23. The van der Waals surface area contributed by atoms with Crippen LogP contribution in [0.5, 0.6) is 0 Å². The monoisotopic (exact) mass is 345 g/mol. The number of aliphatic carboxylic acids is 1. The first-order chi connectivity index (χ1) is 9.90. The van der Waals surface area contributed by atoms with Crippen LogP contribution in [-0.4, -0.2) is 39.1 Å². The zero-order valence-electron chi connectivity index (χ0n) is 11.1. The lowest BCUT2D eigenvalue weighted by atomic mass is 10.2. The number of rotatable bonds is 3. The number of nitrogens with zero attached hydrogens (tertiary/aromatic N) is 1. The Balaban J connectivity index is 2.18. The van der Waals surface area contributed by atoms with E-state index >= 15 is 0 Å². The molecule has 1 fully saturated rings. The summed E-state index contributed by atoms with van der Waals surface area (Å²) in [5.74, 6) is -0.945. The topological polar surface area (TPSA) is 57.6 Å². The van der Waals surface area contributed by atoms with Crippen LogP contribution in [0.3, 0.4) is 0 Å². The van der Waals surface area contributed by atoms with Crippen LogP contribution in [-0.2, 0) is 9.59 Å². The second kappa shape index (κ2) is 6.73. The van der Waals surface area contributed by atoms with Crippen LogP contribution in [0.4, 0.5) is 0 Å². The van der Waals surface area contributed by atoms with E-state index in [1.807, 2.05) is 6.92 Å². The summed E-state index contributed by atoms with van der Waals surface area (Å²) >= 11 is 13.3. The van der Waals surface area contributed by atoms with Crippen molar-refractivity contribution in [3.05, 3.63) is 39.9 Å². The second-order valence-corrected chi connectivity index (χ2v) is 6.72. The molecule has 112 valence electrons. The molecule has 1 heterocycles. The number of amides is 1. The summed E-state index contributed by atoms with van der Waals surface area (Å²) in [5, 5.41) is 9.97. The van der Waals surface area contributed by atoms with Gasteiger partial charge in [0.2, 0.25) is 5.91 Å². The van der Waals surface area contributed by atoms with Crippen molar-refractivity contribution in [2.75, 3.05) is 5.75 Å². The lowest BCUT2D eigenvalue weighted by molar-refractivity contribution is -0.147. The summed E-state index contributed by atoms with van der Waals surface area (Å²) in [5.41, 5.74) is 0.615. The van der Waals surface area contributed by atoms with E-state index in [2.05, 4.69) is 0 Å². The third-order valence-electron chi connectivity index (χ3n) is 3.13. The van der Waals surface area contributed by atoms with Gasteiger partial charge in [0.25, 0.3) is 0 Å². The summed E-state index contributed by atoms with van der Waals surface area (Å²) in [4.78, 5) is 24.8. The lowest BCUT2D eigenvalue weighted by Crippen LogP contribution is -2.43. The van der Waals surface area contributed by atoms with Crippen molar-refractivity contribution >= 4 is 52.9 Å². The average Bonchev–Trinajstić information content (AvgIpc) is 2.81. The Morgan fingerprint density at radius 3 is 2.81 bits per heavy atom. The molecule has 1 aromatic carbocycles. The Labute approximate surface area is 136 Å². The van der Waals surface area contributed by atoms with Crippen molar-refractivity contribution < 1.29 is 14.7 Å². The molecule has 1 amide bonds. The van der Waals surface area contributed by atoms with Crippen LogP contribution in [0.25, 0.3) is 6.08 Å². The van der Waals surface area contributed by atoms with Crippen LogP contribution < -0.4 is 0 Å². The molecule has 0 aliphatic carbocycles. The van der Waals surface area contributed by atoms with Gasteiger partial charge in [0.1, 0.15) is 6.04 Å². The number of carbonyl (C=O) groups excluding carboxylic acids is 1.